The molecule has 0 aromatic carbocycles. The summed E-state index contributed by atoms with van der Waals surface area (Å²) in [6, 6.07) is 0. The molecule has 11 heavy (non-hydrogen) atoms. The average molecular weight is 156 g/mol. The third-order valence-electron chi connectivity index (χ3n) is 1.96. The van der Waals surface area contributed by atoms with Gasteiger partial charge in [-0.1, -0.05) is 19.1 Å². The van der Waals surface area contributed by atoms with E-state index in [1.165, 1.54) is 18.4 Å². The third-order valence-corrected chi connectivity index (χ3v) is 1.96. The summed E-state index contributed by atoms with van der Waals surface area (Å²) in [5.41, 5.74) is 7.25. The van der Waals surface area contributed by atoms with Gasteiger partial charge in [-0.15, -0.1) is 0 Å². The van der Waals surface area contributed by atoms with Gasteiger partial charge in [0.2, 0.25) is 0 Å². The Bertz CT molecular complexity index is 110. The zero-order valence-corrected chi connectivity index (χ0v) is 7.91. The van der Waals surface area contributed by atoms with Crippen LogP contribution < -0.4 is 10.9 Å². The van der Waals surface area contributed by atoms with Crippen LogP contribution in [0.25, 0.3) is 0 Å². The average Bonchev–Trinajstić information content (AvgIpc) is 1.97. The van der Waals surface area contributed by atoms with Gasteiger partial charge in [0.05, 0.1) is 0 Å². The van der Waals surface area contributed by atoms with Crippen molar-refractivity contribution < 1.29 is 0 Å². The lowest BCUT2D eigenvalue weighted by molar-refractivity contribution is 0.515. The number of hydrogen-bond acceptors (Lipinski definition) is 2. The molecule has 66 valence electrons. The molecule has 0 rings (SSSR count). The van der Waals surface area contributed by atoms with Crippen LogP contribution in [0.4, 0.5) is 0 Å². The molecule has 1 unspecified atom stereocenters. The van der Waals surface area contributed by atoms with Crippen molar-refractivity contribution in [2.45, 2.75) is 26.7 Å². The number of rotatable bonds is 6. The second kappa shape index (κ2) is 6.38. The maximum atomic E-state index is 3.92. The van der Waals surface area contributed by atoms with Crippen LogP contribution in [-0.2, 0) is 0 Å². The standard InChI is InChI=1S/C9H20N2/c1-8(2)9(3)6-5-7-11-10-4/h9-11H,1,5-7H2,2-4H3. The fourth-order valence-corrected chi connectivity index (χ4v) is 0.868. The van der Waals surface area contributed by atoms with Crippen LogP contribution in [0.1, 0.15) is 26.7 Å². The lowest BCUT2D eigenvalue weighted by Gasteiger charge is -2.10. The predicted octanol–water partition coefficient (Wildman–Crippen LogP) is 1.70. The van der Waals surface area contributed by atoms with Crippen LogP contribution in [0, 0.1) is 5.92 Å². The van der Waals surface area contributed by atoms with Crippen molar-refractivity contribution in [3.63, 3.8) is 0 Å². The van der Waals surface area contributed by atoms with Gasteiger partial charge in [-0.25, -0.2) is 0 Å². The molecule has 0 radical (unpaired) electrons. The van der Waals surface area contributed by atoms with Crippen molar-refractivity contribution >= 4 is 0 Å². The molecule has 0 aliphatic rings. The summed E-state index contributed by atoms with van der Waals surface area (Å²) >= 11 is 0. The maximum absolute atomic E-state index is 3.92. The summed E-state index contributed by atoms with van der Waals surface area (Å²) in [5.74, 6) is 0.661. The first-order valence-electron chi connectivity index (χ1n) is 4.23. The Kier molecular flexibility index (Phi) is 6.18. The molecule has 0 fully saturated rings. The lowest BCUT2D eigenvalue weighted by atomic mass is 9.99. The minimum absolute atomic E-state index is 0.661. The summed E-state index contributed by atoms with van der Waals surface area (Å²) in [4.78, 5) is 0. The molecule has 0 aliphatic heterocycles. The summed E-state index contributed by atoms with van der Waals surface area (Å²) in [5, 5.41) is 0. The Morgan fingerprint density at radius 3 is 2.64 bits per heavy atom. The van der Waals surface area contributed by atoms with Gasteiger partial charge in [-0.3, -0.25) is 10.9 Å². The van der Waals surface area contributed by atoms with Gasteiger partial charge in [0.25, 0.3) is 0 Å². The van der Waals surface area contributed by atoms with E-state index in [-0.39, 0.29) is 0 Å². The van der Waals surface area contributed by atoms with Crippen LogP contribution in [0.5, 0.6) is 0 Å². The number of allylic oxidation sites excluding steroid dienone is 1. The first kappa shape index (κ1) is 10.7. The molecule has 0 saturated carbocycles. The second-order valence-corrected chi connectivity index (χ2v) is 3.07. The van der Waals surface area contributed by atoms with Crippen molar-refractivity contribution in [1.82, 2.24) is 10.9 Å². The molecule has 0 saturated heterocycles. The van der Waals surface area contributed by atoms with E-state index in [9.17, 15) is 0 Å². The third kappa shape index (κ3) is 6.07. The molecular formula is C9H20N2. The number of nitrogens with one attached hydrogen (secondary N) is 2. The van der Waals surface area contributed by atoms with Crippen LogP contribution in [0.3, 0.4) is 0 Å². The predicted molar refractivity (Wildman–Crippen MR) is 50.3 cm³/mol. The van der Waals surface area contributed by atoms with Crippen LogP contribution in [0.2, 0.25) is 0 Å². The van der Waals surface area contributed by atoms with Crippen LogP contribution in [0.15, 0.2) is 12.2 Å². The highest BCUT2D eigenvalue weighted by molar-refractivity contribution is 4.93. The highest BCUT2D eigenvalue weighted by Crippen LogP contribution is 2.12. The Labute approximate surface area is 70.0 Å². The van der Waals surface area contributed by atoms with Gasteiger partial charge in [0.1, 0.15) is 0 Å². The highest BCUT2D eigenvalue weighted by atomic mass is 15.3. The van der Waals surface area contributed by atoms with Gasteiger partial charge in [0, 0.05) is 6.54 Å². The Hall–Kier alpha value is -0.340. The van der Waals surface area contributed by atoms with Crippen LogP contribution >= 0.6 is 0 Å². The normalized spacial score (nSPS) is 13.0. The molecule has 2 N–H and O–H groups in total. The van der Waals surface area contributed by atoms with Gasteiger partial charge >= 0.3 is 0 Å². The topological polar surface area (TPSA) is 24.1 Å². The minimum atomic E-state index is 0.661. The monoisotopic (exact) mass is 156 g/mol. The van der Waals surface area contributed by atoms with E-state index in [1.807, 2.05) is 7.05 Å². The molecular weight excluding hydrogens is 136 g/mol. The molecule has 0 spiro atoms. The molecule has 0 heterocycles. The SMILES string of the molecule is C=C(C)C(C)CCCNNC. The van der Waals surface area contributed by atoms with E-state index in [4.69, 9.17) is 0 Å². The summed E-state index contributed by atoms with van der Waals surface area (Å²) in [6.07, 6.45) is 2.43. The van der Waals surface area contributed by atoms with Crippen LogP contribution in [-0.4, -0.2) is 13.6 Å². The Morgan fingerprint density at radius 2 is 2.18 bits per heavy atom. The van der Waals surface area contributed by atoms with Crippen molar-refractivity contribution in [3.8, 4) is 0 Å². The Morgan fingerprint density at radius 1 is 1.55 bits per heavy atom. The molecule has 0 bridgehead atoms. The zero-order valence-electron chi connectivity index (χ0n) is 7.91. The van der Waals surface area contributed by atoms with Crippen molar-refractivity contribution in [2.24, 2.45) is 5.92 Å². The van der Waals surface area contributed by atoms with Gasteiger partial charge in [-0.2, -0.15) is 0 Å². The second-order valence-electron chi connectivity index (χ2n) is 3.07. The zero-order chi connectivity index (χ0) is 8.69. The molecule has 2 nitrogen and oxygen atoms in total. The van der Waals surface area contributed by atoms with E-state index in [2.05, 4.69) is 31.3 Å². The van der Waals surface area contributed by atoms with Gasteiger partial charge in [-0.05, 0) is 32.7 Å². The summed E-state index contributed by atoms with van der Waals surface area (Å²) < 4.78 is 0. The van der Waals surface area contributed by atoms with Gasteiger partial charge in [0.15, 0.2) is 0 Å². The van der Waals surface area contributed by atoms with E-state index in [0.717, 1.165) is 6.54 Å². The number of hydrogen-bond donors (Lipinski definition) is 2. The molecule has 2 heteroatoms. The van der Waals surface area contributed by atoms with E-state index < -0.39 is 0 Å². The molecule has 0 aliphatic carbocycles. The van der Waals surface area contributed by atoms with E-state index >= 15 is 0 Å². The first-order valence-corrected chi connectivity index (χ1v) is 4.23. The van der Waals surface area contributed by atoms with Crippen molar-refractivity contribution in [1.29, 1.82) is 0 Å². The minimum Gasteiger partial charge on any atom is -0.261 e. The number of hydrazine groups is 1. The fraction of sp³-hybridized carbons (Fsp3) is 0.778. The van der Waals surface area contributed by atoms with Crippen molar-refractivity contribution in [2.75, 3.05) is 13.6 Å². The molecule has 0 amide bonds. The largest absolute Gasteiger partial charge is 0.261 e. The molecule has 0 aromatic heterocycles. The fourth-order valence-electron chi connectivity index (χ4n) is 0.868. The van der Waals surface area contributed by atoms with Crippen molar-refractivity contribution in [3.05, 3.63) is 12.2 Å². The van der Waals surface area contributed by atoms with E-state index in [1.54, 1.807) is 0 Å². The molecule has 1 atom stereocenters. The van der Waals surface area contributed by atoms with Gasteiger partial charge < -0.3 is 0 Å². The quantitative estimate of drug-likeness (QED) is 0.347. The maximum Gasteiger partial charge on any atom is 0.00998 e. The Balaban J connectivity index is 3.17. The lowest BCUT2D eigenvalue weighted by Crippen LogP contribution is -2.28. The highest BCUT2D eigenvalue weighted by Gasteiger charge is 2.00. The molecule has 0 aromatic rings. The summed E-state index contributed by atoms with van der Waals surface area (Å²) in [7, 11) is 1.89. The first-order chi connectivity index (χ1) is 5.18. The van der Waals surface area contributed by atoms with E-state index in [0.29, 0.717) is 5.92 Å². The smallest absolute Gasteiger partial charge is 0.00998 e. The summed E-state index contributed by atoms with van der Waals surface area (Å²) in [6.45, 7) is 9.27.